The SMILES string of the molecule is Cc1ccc(-n2nc(C(F)F)cc2-c2cc(F)c(S(C)(=O)=O)c(F)c2)cc1Cl. The lowest BCUT2D eigenvalue weighted by Crippen LogP contribution is -2.06. The molecule has 1 aromatic heterocycles. The minimum absolute atomic E-state index is 0.0481. The molecular weight excluding hydrogens is 420 g/mol. The van der Waals surface area contributed by atoms with E-state index < -0.39 is 38.5 Å². The Bertz CT molecular complexity index is 1150. The second kappa shape index (κ2) is 7.21. The summed E-state index contributed by atoms with van der Waals surface area (Å²) in [4.78, 5) is -1.09. The third-order valence-corrected chi connectivity index (χ3v) is 5.56. The molecule has 3 rings (SSSR count). The molecule has 28 heavy (non-hydrogen) atoms. The number of hydrogen-bond acceptors (Lipinski definition) is 3. The van der Waals surface area contributed by atoms with Gasteiger partial charge in [0, 0.05) is 16.8 Å². The van der Waals surface area contributed by atoms with Gasteiger partial charge in [0.2, 0.25) is 0 Å². The Labute approximate surface area is 163 Å². The number of nitrogens with zero attached hydrogens (tertiary/aromatic N) is 2. The molecule has 0 spiro atoms. The van der Waals surface area contributed by atoms with Crippen molar-refractivity contribution in [1.29, 1.82) is 0 Å². The fraction of sp³-hybridized carbons (Fsp3) is 0.167. The van der Waals surface area contributed by atoms with Crippen molar-refractivity contribution in [3.8, 4) is 16.9 Å². The highest BCUT2D eigenvalue weighted by Crippen LogP contribution is 2.32. The van der Waals surface area contributed by atoms with E-state index in [9.17, 15) is 26.0 Å². The van der Waals surface area contributed by atoms with Crippen molar-refractivity contribution >= 4 is 21.4 Å². The maximum absolute atomic E-state index is 14.3. The zero-order valence-electron chi connectivity index (χ0n) is 14.6. The maximum atomic E-state index is 14.3. The first-order valence-electron chi connectivity index (χ1n) is 7.83. The predicted octanol–water partition coefficient (Wildman–Crippen LogP) is 5.12. The van der Waals surface area contributed by atoms with Gasteiger partial charge < -0.3 is 0 Å². The summed E-state index contributed by atoms with van der Waals surface area (Å²) in [6.07, 6.45) is -2.26. The molecule has 0 radical (unpaired) electrons. The van der Waals surface area contributed by atoms with Crippen LogP contribution in [0.1, 0.15) is 17.7 Å². The number of aryl methyl sites for hydroxylation is 1. The van der Waals surface area contributed by atoms with Gasteiger partial charge in [-0.2, -0.15) is 5.10 Å². The maximum Gasteiger partial charge on any atom is 0.282 e. The molecule has 0 bridgehead atoms. The molecule has 0 unspecified atom stereocenters. The largest absolute Gasteiger partial charge is 0.282 e. The molecule has 0 atom stereocenters. The van der Waals surface area contributed by atoms with Crippen LogP contribution in [0.2, 0.25) is 5.02 Å². The van der Waals surface area contributed by atoms with E-state index >= 15 is 0 Å². The van der Waals surface area contributed by atoms with Crippen LogP contribution in [-0.4, -0.2) is 24.5 Å². The fourth-order valence-electron chi connectivity index (χ4n) is 2.68. The summed E-state index contributed by atoms with van der Waals surface area (Å²) in [6, 6.07) is 7.17. The molecule has 0 fully saturated rings. The van der Waals surface area contributed by atoms with Gasteiger partial charge in [-0.1, -0.05) is 17.7 Å². The number of hydrogen-bond donors (Lipinski definition) is 0. The van der Waals surface area contributed by atoms with Crippen LogP contribution >= 0.6 is 11.6 Å². The number of halogens is 5. The third kappa shape index (κ3) is 3.77. The number of sulfone groups is 1. The minimum Gasteiger partial charge on any atom is -0.233 e. The van der Waals surface area contributed by atoms with E-state index in [1.807, 2.05) is 0 Å². The van der Waals surface area contributed by atoms with Crippen molar-refractivity contribution in [3.63, 3.8) is 0 Å². The average Bonchev–Trinajstić information content (AvgIpc) is 3.01. The molecule has 0 saturated heterocycles. The molecule has 148 valence electrons. The lowest BCUT2D eigenvalue weighted by atomic mass is 10.1. The Kier molecular flexibility index (Phi) is 5.24. The van der Waals surface area contributed by atoms with Gasteiger partial charge in [-0.05, 0) is 42.8 Å². The topological polar surface area (TPSA) is 52.0 Å². The van der Waals surface area contributed by atoms with Gasteiger partial charge >= 0.3 is 0 Å². The molecule has 1 heterocycles. The van der Waals surface area contributed by atoms with Gasteiger partial charge in [0.15, 0.2) is 9.84 Å². The Hall–Kier alpha value is -2.39. The Morgan fingerprint density at radius 3 is 2.18 bits per heavy atom. The Morgan fingerprint density at radius 2 is 1.68 bits per heavy atom. The number of aromatic nitrogens is 2. The summed E-state index contributed by atoms with van der Waals surface area (Å²) in [7, 11) is -4.15. The van der Waals surface area contributed by atoms with Crippen LogP contribution < -0.4 is 0 Å². The van der Waals surface area contributed by atoms with Gasteiger partial charge in [-0.15, -0.1) is 0 Å². The standard InChI is InChI=1S/C18H13ClF4N2O2S/c1-9-3-4-11(7-12(9)19)25-16(8-15(24-25)18(22)23)10-5-13(20)17(14(21)6-10)28(2,26)27/h3-8,18H,1-2H3. The first kappa shape index (κ1) is 20.3. The van der Waals surface area contributed by atoms with E-state index in [1.165, 1.54) is 6.07 Å². The number of rotatable bonds is 4. The molecule has 0 amide bonds. The van der Waals surface area contributed by atoms with E-state index in [0.29, 0.717) is 17.0 Å². The first-order chi connectivity index (χ1) is 13.0. The highest BCUT2D eigenvalue weighted by Gasteiger charge is 2.24. The highest BCUT2D eigenvalue weighted by molar-refractivity contribution is 7.90. The molecular formula is C18H13ClF4N2O2S. The van der Waals surface area contributed by atoms with Crippen LogP contribution in [0, 0.1) is 18.6 Å². The lowest BCUT2D eigenvalue weighted by Gasteiger charge is -2.11. The summed E-state index contributed by atoms with van der Waals surface area (Å²) >= 11 is 6.08. The smallest absolute Gasteiger partial charge is 0.233 e. The van der Waals surface area contributed by atoms with Crippen LogP contribution in [0.3, 0.4) is 0 Å². The van der Waals surface area contributed by atoms with Crippen molar-refractivity contribution in [3.05, 3.63) is 64.3 Å². The molecule has 2 aromatic carbocycles. The summed E-state index contributed by atoms with van der Waals surface area (Å²) in [5, 5.41) is 4.15. The van der Waals surface area contributed by atoms with E-state index in [1.54, 1.807) is 19.1 Å². The van der Waals surface area contributed by atoms with Gasteiger partial charge in [0.1, 0.15) is 22.2 Å². The van der Waals surface area contributed by atoms with Crippen molar-refractivity contribution in [1.82, 2.24) is 9.78 Å². The molecule has 10 heteroatoms. The molecule has 0 saturated carbocycles. The van der Waals surface area contributed by atoms with Gasteiger partial charge in [-0.25, -0.2) is 30.7 Å². The zero-order valence-corrected chi connectivity index (χ0v) is 16.1. The van der Waals surface area contributed by atoms with E-state index in [4.69, 9.17) is 11.6 Å². The molecule has 0 aliphatic heterocycles. The monoisotopic (exact) mass is 432 g/mol. The Morgan fingerprint density at radius 1 is 1.07 bits per heavy atom. The zero-order chi connectivity index (χ0) is 20.8. The molecule has 4 nitrogen and oxygen atoms in total. The first-order valence-corrected chi connectivity index (χ1v) is 10.1. The van der Waals surface area contributed by atoms with Gasteiger partial charge in [0.25, 0.3) is 6.43 Å². The molecule has 3 aromatic rings. The van der Waals surface area contributed by atoms with Gasteiger partial charge in [-0.3, -0.25) is 0 Å². The van der Waals surface area contributed by atoms with Crippen LogP contribution in [0.4, 0.5) is 17.6 Å². The third-order valence-electron chi connectivity index (χ3n) is 4.02. The highest BCUT2D eigenvalue weighted by atomic mass is 35.5. The van der Waals surface area contributed by atoms with Crippen LogP contribution in [-0.2, 0) is 9.84 Å². The summed E-state index contributed by atoms with van der Waals surface area (Å²) in [5.41, 5.74) is 0.222. The van der Waals surface area contributed by atoms with E-state index in [2.05, 4.69) is 5.10 Å². The second-order valence-corrected chi connectivity index (χ2v) is 8.50. The van der Waals surface area contributed by atoms with Crippen LogP contribution in [0.15, 0.2) is 41.3 Å². The van der Waals surface area contributed by atoms with E-state index in [-0.39, 0.29) is 11.3 Å². The fourth-order valence-corrected chi connectivity index (χ4v) is 3.69. The second-order valence-electron chi connectivity index (χ2n) is 6.14. The van der Waals surface area contributed by atoms with Crippen molar-refractivity contribution in [2.75, 3.05) is 6.26 Å². The summed E-state index contributed by atoms with van der Waals surface area (Å²) < 4.78 is 79.1. The minimum atomic E-state index is -4.15. The van der Waals surface area contributed by atoms with Crippen molar-refractivity contribution < 1.29 is 26.0 Å². The predicted molar refractivity (Wildman–Crippen MR) is 96.7 cm³/mol. The lowest BCUT2D eigenvalue weighted by molar-refractivity contribution is 0.145. The number of alkyl halides is 2. The summed E-state index contributed by atoms with van der Waals surface area (Å²) in [5.74, 6) is -2.66. The molecule has 0 N–H and O–H groups in total. The van der Waals surface area contributed by atoms with Gasteiger partial charge in [0.05, 0.1) is 11.4 Å². The Balaban J connectivity index is 2.26. The van der Waals surface area contributed by atoms with Crippen molar-refractivity contribution in [2.45, 2.75) is 18.2 Å². The van der Waals surface area contributed by atoms with Crippen LogP contribution in [0.5, 0.6) is 0 Å². The van der Waals surface area contributed by atoms with Crippen molar-refractivity contribution in [2.24, 2.45) is 0 Å². The molecule has 0 aliphatic carbocycles. The van der Waals surface area contributed by atoms with E-state index in [0.717, 1.165) is 28.4 Å². The quantitative estimate of drug-likeness (QED) is 0.538. The number of benzene rings is 2. The van der Waals surface area contributed by atoms with Crippen LogP contribution in [0.25, 0.3) is 16.9 Å². The average molecular weight is 433 g/mol. The summed E-state index contributed by atoms with van der Waals surface area (Å²) in [6.45, 7) is 1.75. The molecule has 0 aliphatic rings. The normalized spacial score (nSPS) is 12.0.